The molecule has 0 unspecified atom stereocenters. The van der Waals surface area contributed by atoms with Crippen LogP contribution in [0.4, 0.5) is 0 Å². The fourth-order valence-corrected chi connectivity index (χ4v) is 1.48. The van der Waals surface area contributed by atoms with Crippen LogP contribution in [-0.4, -0.2) is 10.9 Å². The van der Waals surface area contributed by atoms with E-state index in [-0.39, 0.29) is 5.91 Å². The van der Waals surface area contributed by atoms with Crippen LogP contribution in [-0.2, 0) is 11.3 Å². The summed E-state index contributed by atoms with van der Waals surface area (Å²) >= 11 is 0. The smallest absolute Gasteiger partial charge is 0.244 e. The van der Waals surface area contributed by atoms with E-state index in [1.54, 1.807) is 30.7 Å². The number of carbonyl (C=O) groups excluding carboxylic acids is 1. The summed E-state index contributed by atoms with van der Waals surface area (Å²) in [5.74, 6) is 0.482. The molecule has 0 saturated heterocycles. The molecule has 0 atom stereocenters. The van der Waals surface area contributed by atoms with Crippen molar-refractivity contribution in [3.63, 3.8) is 0 Å². The fraction of sp³-hybridized carbons (Fsp3) is 0.143. The van der Waals surface area contributed by atoms with Crippen LogP contribution in [0.1, 0.15) is 17.0 Å². The highest BCUT2D eigenvalue weighted by atomic mass is 16.3. The first-order chi connectivity index (χ1) is 8.75. The van der Waals surface area contributed by atoms with Crippen LogP contribution in [0.3, 0.4) is 0 Å². The van der Waals surface area contributed by atoms with E-state index in [0.29, 0.717) is 12.3 Å². The first kappa shape index (κ1) is 12.1. The van der Waals surface area contributed by atoms with E-state index >= 15 is 0 Å². The Morgan fingerprint density at radius 3 is 3.06 bits per heavy atom. The molecule has 18 heavy (non-hydrogen) atoms. The summed E-state index contributed by atoms with van der Waals surface area (Å²) in [6.07, 6.45) is 6.35. The molecule has 0 aromatic carbocycles. The predicted octanol–water partition coefficient (Wildman–Crippen LogP) is 2.31. The molecule has 4 nitrogen and oxygen atoms in total. The quantitative estimate of drug-likeness (QED) is 0.837. The van der Waals surface area contributed by atoms with Gasteiger partial charge in [0.15, 0.2) is 0 Å². The third kappa shape index (κ3) is 3.31. The van der Waals surface area contributed by atoms with Gasteiger partial charge in [-0.25, -0.2) is 0 Å². The lowest BCUT2D eigenvalue weighted by Gasteiger charge is -2.04. The van der Waals surface area contributed by atoms with Gasteiger partial charge in [-0.15, -0.1) is 0 Å². The monoisotopic (exact) mass is 242 g/mol. The number of aromatic nitrogens is 1. The first-order valence-corrected chi connectivity index (χ1v) is 5.65. The fourth-order valence-electron chi connectivity index (χ4n) is 1.48. The molecule has 0 aliphatic rings. The van der Waals surface area contributed by atoms with Crippen molar-refractivity contribution in [2.24, 2.45) is 0 Å². The van der Waals surface area contributed by atoms with E-state index < -0.39 is 0 Å². The lowest BCUT2D eigenvalue weighted by molar-refractivity contribution is -0.116. The summed E-state index contributed by atoms with van der Waals surface area (Å²) in [6, 6.07) is 7.39. The highest BCUT2D eigenvalue weighted by Gasteiger charge is 2.00. The lowest BCUT2D eigenvalue weighted by Crippen LogP contribution is -2.21. The second-order valence-corrected chi connectivity index (χ2v) is 3.83. The summed E-state index contributed by atoms with van der Waals surface area (Å²) in [5, 5.41) is 2.77. The molecule has 92 valence electrons. The van der Waals surface area contributed by atoms with Crippen molar-refractivity contribution in [3.05, 3.63) is 59.8 Å². The minimum Gasteiger partial charge on any atom is -0.465 e. The van der Waals surface area contributed by atoms with Crippen LogP contribution in [0.15, 0.2) is 47.2 Å². The number of carbonyl (C=O) groups is 1. The second-order valence-electron chi connectivity index (χ2n) is 3.83. The van der Waals surface area contributed by atoms with Gasteiger partial charge in [0.2, 0.25) is 5.91 Å². The normalized spacial score (nSPS) is 10.7. The summed E-state index contributed by atoms with van der Waals surface area (Å²) in [4.78, 5) is 15.8. The number of aryl methyl sites for hydroxylation is 1. The molecule has 0 radical (unpaired) electrons. The minimum absolute atomic E-state index is 0.170. The van der Waals surface area contributed by atoms with Crippen LogP contribution in [0.25, 0.3) is 6.08 Å². The van der Waals surface area contributed by atoms with Gasteiger partial charge in [-0.05, 0) is 36.8 Å². The molecule has 1 N–H and O–H groups in total. The van der Waals surface area contributed by atoms with Gasteiger partial charge in [0.25, 0.3) is 0 Å². The van der Waals surface area contributed by atoms with Gasteiger partial charge in [0, 0.05) is 12.3 Å². The zero-order chi connectivity index (χ0) is 12.8. The third-order valence-corrected chi connectivity index (χ3v) is 2.49. The Bertz CT molecular complexity index is 545. The third-order valence-electron chi connectivity index (χ3n) is 2.49. The van der Waals surface area contributed by atoms with E-state index in [9.17, 15) is 4.79 Å². The molecule has 0 fully saturated rings. The molecule has 0 bridgehead atoms. The highest BCUT2D eigenvalue weighted by Crippen LogP contribution is 2.03. The van der Waals surface area contributed by atoms with Gasteiger partial charge in [0.05, 0.1) is 18.5 Å². The Balaban J connectivity index is 1.87. The van der Waals surface area contributed by atoms with Gasteiger partial charge in [-0.3, -0.25) is 9.78 Å². The first-order valence-electron chi connectivity index (χ1n) is 5.65. The number of nitrogens with one attached hydrogen (secondary N) is 1. The summed E-state index contributed by atoms with van der Waals surface area (Å²) < 4.78 is 5.09. The zero-order valence-electron chi connectivity index (χ0n) is 10.1. The zero-order valence-corrected chi connectivity index (χ0v) is 10.1. The lowest BCUT2D eigenvalue weighted by atomic mass is 10.2. The maximum absolute atomic E-state index is 11.6. The van der Waals surface area contributed by atoms with Crippen molar-refractivity contribution in [2.75, 3.05) is 0 Å². The van der Waals surface area contributed by atoms with Gasteiger partial charge >= 0.3 is 0 Å². The van der Waals surface area contributed by atoms with Crippen LogP contribution >= 0.6 is 0 Å². The van der Waals surface area contributed by atoms with Crippen LogP contribution in [0, 0.1) is 6.92 Å². The van der Waals surface area contributed by atoms with Gasteiger partial charge in [0.1, 0.15) is 5.76 Å². The molecule has 2 aromatic rings. The number of nitrogens with zero attached hydrogens (tertiary/aromatic N) is 1. The van der Waals surface area contributed by atoms with Crippen molar-refractivity contribution in [2.45, 2.75) is 13.5 Å². The molecule has 2 rings (SSSR count). The Hall–Kier alpha value is -2.36. The molecule has 0 saturated carbocycles. The average Bonchev–Trinajstić information content (AvgIpc) is 2.88. The molecule has 0 aliphatic carbocycles. The molecule has 2 heterocycles. The van der Waals surface area contributed by atoms with E-state index in [4.69, 9.17) is 4.42 Å². The van der Waals surface area contributed by atoms with Crippen molar-refractivity contribution in [1.29, 1.82) is 0 Å². The number of amides is 1. The number of hydrogen-bond acceptors (Lipinski definition) is 3. The van der Waals surface area contributed by atoms with Crippen LogP contribution in [0.5, 0.6) is 0 Å². The van der Waals surface area contributed by atoms with Crippen LogP contribution in [0.2, 0.25) is 0 Å². The molecular formula is C14H14N2O2. The van der Waals surface area contributed by atoms with Gasteiger partial charge in [-0.1, -0.05) is 6.07 Å². The van der Waals surface area contributed by atoms with Crippen molar-refractivity contribution in [1.82, 2.24) is 10.3 Å². The predicted molar refractivity (Wildman–Crippen MR) is 68.6 cm³/mol. The summed E-state index contributed by atoms with van der Waals surface area (Å²) in [6.45, 7) is 2.39. The highest BCUT2D eigenvalue weighted by molar-refractivity contribution is 5.91. The van der Waals surface area contributed by atoms with Crippen LogP contribution < -0.4 is 5.32 Å². The summed E-state index contributed by atoms with van der Waals surface area (Å²) in [7, 11) is 0. The topological polar surface area (TPSA) is 55.1 Å². The summed E-state index contributed by atoms with van der Waals surface area (Å²) in [5.41, 5.74) is 1.94. The minimum atomic E-state index is -0.170. The molecule has 0 spiro atoms. The number of pyridine rings is 1. The van der Waals surface area contributed by atoms with Crippen molar-refractivity contribution < 1.29 is 9.21 Å². The van der Waals surface area contributed by atoms with E-state index in [1.165, 1.54) is 6.08 Å². The standard InChI is InChI=1S/C14H14N2O2/c1-11-4-2-8-15-13(11)10-16-14(17)7-6-12-5-3-9-18-12/h2-9H,10H2,1H3,(H,16,17)/b7-6+. The molecule has 0 aliphatic heterocycles. The number of furan rings is 1. The largest absolute Gasteiger partial charge is 0.465 e. The number of rotatable bonds is 4. The Kier molecular flexibility index (Phi) is 3.91. The molecule has 4 heteroatoms. The Morgan fingerprint density at radius 1 is 1.44 bits per heavy atom. The molecular weight excluding hydrogens is 228 g/mol. The van der Waals surface area contributed by atoms with E-state index in [1.807, 2.05) is 19.1 Å². The number of hydrogen-bond donors (Lipinski definition) is 1. The molecule has 1 amide bonds. The molecule has 2 aromatic heterocycles. The SMILES string of the molecule is Cc1cccnc1CNC(=O)/C=C/c1ccco1. The van der Waals surface area contributed by atoms with Crippen molar-refractivity contribution in [3.8, 4) is 0 Å². The van der Waals surface area contributed by atoms with E-state index in [2.05, 4.69) is 10.3 Å². The van der Waals surface area contributed by atoms with Gasteiger partial charge in [-0.2, -0.15) is 0 Å². The maximum atomic E-state index is 11.6. The van der Waals surface area contributed by atoms with Gasteiger partial charge < -0.3 is 9.73 Å². The average molecular weight is 242 g/mol. The van der Waals surface area contributed by atoms with Crippen molar-refractivity contribution >= 4 is 12.0 Å². The maximum Gasteiger partial charge on any atom is 0.244 e. The van der Waals surface area contributed by atoms with E-state index in [0.717, 1.165) is 11.3 Å². The Morgan fingerprint density at radius 2 is 2.33 bits per heavy atom. The Labute approximate surface area is 105 Å². The second kappa shape index (κ2) is 5.82.